The van der Waals surface area contributed by atoms with Gasteiger partial charge in [0, 0.05) is 12.1 Å². The second-order valence-corrected chi connectivity index (χ2v) is 4.47. The SMILES string of the molecule is COc1ccc([N+]2=Cc3cc(OC)ccc3OC2)cc1. The van der Waals surface area contributed by atoms with Gasteiger partial charge in [-0.15, -0.1) is 0 Å². The number of benzene rings is 2. The van der Waals surface area contributed by atoms with Gasteiger partial charge in [-0.25, -0.2) is 0 Å². The third-order valence-corrected chi connectivity index (χ3v) is 3.28. The van der Waals surface area contributed by atoms with Crippen LogP contribution in [0.2, 0.25) is 0 Å². The molecule has 0 aliphatic carbocycles. The Hall–Kier alpha value is -2.49. The van der Waals surface area contributed by atoms with Gasteiger partial charge in [0.25, 0.3) is 6.73 Å². The Bertz CT molecular complexity index is 647. The number of nitrogens with zero attached hydrogens (tertiary/aromatic N) is 1. The van der Waals surface area contributed by atoms with Crippen molar-refractivity contribution in [1.82, 2.24) is 0 Å². The van der Waals surface area contributed by atoms with Crippen LogP contribution in [-0.4, -0.2) is 31.7 Å². The molecule has 0 unspecified atom stereocenters. The van der Waals surface area contributed by atoms with Gasteiger partial charge in [-0.2, -0.15) is 4.58 Å². The van der Waals surface area contributed by atoms with Crippen LogP contribution >= 0.6 is 0 Å². The second-order valence-electron chi connectivity index (χ2n) is 4.47. The van der Waals surface area contributed by atoms with E-state index in [2.05, 4.69) is 6.21 Å². The minimum absolute atomic E-state index is 0.492. The molecule has 0 fully saturated rings. The van der Waals surface area contributed by atoms with E-state index in [1.165, 1.54) is 0 Å². The molecule has 20 heavy (non-hydrogen) atoms. The van der Waals surface area contributed by atoms with Crippen LogP contribution in [0.5, 0.6) is 17.2 Å². The predicted octanol–water partition coefficient (Wildman–Crippen LogP) is 2.82. The third kappa shape index (κ3) is 2.32. The van der Waals surface area contributed by atoms with Gasteiger partial charge < -0.3 is 14.2 Å². The van der Waals surface area contributed by atoms with Crippen LogP contribution in [0.15, 0.2) is 42.5 Å². The number of hydrogen-bond acceptors (Lipinski definition) is 3. The summed E-state index contributed by atoms with van der Waals surface area (Å²) in [6.07, 6.45) is 2.06. The fourth-order valence-corrected chi connectivity index (χ4v) is 2.15. The standard InChI is InChI=1S/C16H16NO3/c1-18-14-5-3-13(4-6-14)17-10-12-9-15(19-2)7-8-16(12)20-11-17/h3-10H,11H2,1-2H3/q+1. The van der Waals surface area contributed by atoms with Crippen molar-refractivity contribution < 1.29 is 18.8 Å². The highest BCUT2D eigenvalue weighted by molar-refractivity contribution is 5.82. The van der Waals surface area contributed by atoms with Crippen molar-refractivity contribution in [2.75, 3.05) is 21.0 Å². The van der Waals surface area contributed by atoms with Gasteiger partial charge in [0.15, 0.2) is 6.21 Å². The van der Waals surface area contributed by atoms with Gasteiger partial charge in [-0.1, -0.05) is 0 Å². The summed E-state index contributed by atoms with van der Waals surface area (Å²) in [6, 6.07) is 13.7. The number of ether oxygens (including phenoxy) is 3. The Balaban J connectivity index is 1.95. The van der Waals surface area contributed by atoms with Crippen molar-refractivity contribution in [2.45, 2.75) is 0 Å². The van der Waals surface area contributed by atoms with E-state index in [0.717, 1.165) is 28.5 Å². The highest BCUT2D eigenvalue weighted by Gasteiger charge is 2.19. The average molecular weight is 270 g/mol. The van der Waals surface area contributed by atoms with Crippen molar-refractivity contribution in [3.05, 3.63) is 48.0 Å². The van der Waals surface area contributed by atoms with Gasteiger partial charge in [-0.3, -0.25) is 0 Å². The topological polar surface area (TPSA) is 30.7 Å². The molecule has 102 valence electrons. The highest BCUT2D eigenvalue weighted by atomic mass is 16.5. The lowest BCUT2D eigenvalue weighted by Gasteiger charge is -2.14. The Morgan fingerprint density at radius 3 is 2.35 bits per heavy atom. The number of fused-ring (bicyclic) bond motifs is 1. The fourth-order valence-electron chi connectivity index (χ4n) is 2.15. The summed E-state index contributed by atoms with van der Waals surface area (Å²) in [7, 11) is 3.32. The van der Waals surface area contributed by atoms with E-state index in [0.29, 0.717) is 6.73 Å². The quantitative estimate of drug-likeness (QED) is 0.803. The Morgan fingerprint density at radius 2 is 1.65 bits per heavy atom. The summed E-state index contributed by atoms with van der Waals surface area (Å²) in [4.78, 5) is 0. The molecule has 0 saturated carbocycles. The average Bonchev–Trinajstić information content (AvgIpc) is 2.54. The molecule has 2 aromatic rings. The maximum absolute atomic E-state index is 5.75. The predicted molar refractivity (Wildman–Crippen MR) is 76.6 cm³/mol. The van der Waals surface area contributed by atoms with Crippen LogP contribution in [0.25, 0.3) is 0 Å². The van der Waals surface area contributed by atoms with Crippen molar-refractivity contribution in [3.63, 3.8) is 0 Å². The summed E-state index contributed by atoms with van der Waals surface area (Å²) >= 11 is 0. The first-order chi connectivity index (χ1) is 9.80. The molecule has 0 amide bonds. The van der Waals surface area contributed by atoms with E-state index in [9.17, 15) is 0 Å². The molecule has 3 rings (SSSR count). The maximum Gasteiger partial charge on any atom is 0.292 e. The van der Waals surface area contributed by atoms with Crippen LogP contribution in [0.1, 0.15) is 5.56 Å². The molecule has 4 nitrogen and oxygen atoms in total. The molecule has 4 heteroatoms. The van der Waals surface area contributed by atoms with Crippen LogP contribution < -0.4 is 14.2 Å². The molecule has 1 aliphatic heterocycles. The zero-order chi connectivity index (χ0) is 13.9. The van der Waals surface area contributed by atoms with Crippen molar-refractivity contribution in [1.29, 1.82) is 0 Å². The molecule has 0 aromatic heterocycles. The van der Waals surface area contributed by atoms with Crippen LogP contribution in [0.4, 0.5) is 5.69 Å². The molecule has 0 radical (unpaired) electrons. The van der Waals surface area contributed by atoms with Crippen LogP contribution in [-0.2, 0) is 0 Å². The summed E-state index contributed by atoms with van der Waals surface area (Å²) in [6.45, 7) is 0.492. The molecule has 2 aromatic carbocycles. The van der Waals surface area contributed by atoms with Gasteiger partial charge in [0.1, 0.15) is 17.2 Å². The van der Waals surface area contributed by atoms with Crippen LogP contribution in [0, 0.1) is 0 Å². The summed E-state index contributed by atoms with van der Waals surface area (Å²) < 4.78 is 18.2. The lowest BCUT2D eigenvalue weighted by Crippen LogP contribution is -2.20. The molecular weight excluding hydrogens is 254 g/mol. The zero-order valence-electron chi connectivity index (χ0n) is 11.5. The van der Waals surface area contributed by atoms with Gasteiger partial charge in [0.05, 0.1) is 19.8 Å². The van der Waals surface area contributed by atoms with Crippen molar-refractivity contribution >= 4 is 11.9 Å². The summed E-state index contributed by atoms with van der Waals surface area (Å²) in [5.74, 6) is 2.53. The maximum atomic E-state index is 5.75. The van der Waals surface area contributed by atoms with E-state index < -0.39 is 0 Å². The lowest BCUT2D eigenvalue weighted by molar-refractivity contribution is -0.476. The minimum atomic E-state index is 0.492. The number of hydrogen-bond donors (Lipinski definition) is 0. The second kappa shape index (κ2) is 5.25. The van der Waals surface area contributed by atoms with E-state index in [1.807, 2.05) is 47.0 Å². The van der Waals surface area contributed by atoms with Crippen molar-refractivity contribution in [3.8, 4) is 17.2 Å². The Kier molecular flexibility index (Phi) is 3.29. The fraction of sp³-hybridized carbons (Fsp3) is 0.188. The molecular formula is C16H16NO3+. The molecule has 0 bridgehead atoms. The molecule has 1 aliphatic rings. The summed E-state index contributed by atoms with van der Waals surface area (Å²) in [5.41, 5.74) is 2.06. The molecule has 0 spiro atoms. The van der Waals surface area contributed by atoms with Crippen molar-refractivity contribution in [2.24, 2.45) is 0 Å². The van der Waals surface area contributed by atoms with E-state index >= 15 is 0 Å². The molecule has 0 saturated heterocycles. The highest BCUT2D eigenvalue weighted by Crippen LogP contribution is 2.27. The first kappa shape index (κ1) is 12.5. The Morgan fingerprint density at radius 1 is 0.950 bits per heavy atom. The van der Waals surface area contributed by atoms with Crippen LogP contribution in [0.3, 0.4) is 0 Å². The first-order valence-electron chi connectivity index (χ1n) is 6.36. The normalized spacial score (nSPS) is 13.0. The number of rotatable bonds is 3. The Labute approximate surface area is 117 Å². The zero-order valence-corrected chi connectivity index (χ0v) is 11.5. The van der Waals surface area contributed by atoms with E-state index in [1.54, 1.807) is 14.2 Å². The smallest absolute Gasteiger partial charge is 0.292 e. The molecule has 1 heterocycles. The molecule has 0 atom stereocenters. The van der Waals surface area contributed by atoms with Gasteiger partial charge in [0.2, 0.25) is 5.69 Å². The van der Waals surface area contributed by atoms with Gasteiger partial charge in [-0.05, 0) is 30.3 Å². The lowest BCUT2D eigenvalue weighted by atomic mass is 10.2. The van der Waals surface area contributed by atoms with Gasteiger partial charge >= 0.3 is 0 Å². The third-order valence-electron chi connectivity index (χ3n) is 3.28. The van der Waals surface area contributed by atoms with E-state index in [-0.39, 0.29) is 0 Å². The molecule has 0 N–H and O–H groups in total. The van der Waals surface area contributed by atoms with E-state index in [4.69, 9.17) is 14.2 Å². The largest absolute Gasteiger partial charge is 0.497 e. The summed E-state index contributed by atoms with van der Waals surface area (Å²) in [5, 5.41) is 0. The number of methoxy groups -OCH3 is 2. The first-order valence-corrected chi connectivity index (χ1v) is 6.36. The monoisotopic (exact) mass is 270 g/mol. The minimum Gasteiger partial charge on any atom is -0.497 e.